The molecule has 0 radical (unpaired) electrons. The minimum Gasteiger partial charge on any atom is -0.466 e. The van der Waals surface area contributed by atoms with Crippen molar-refractivity contribution in [2.24, 2.45) is 11.8 Å². The van der Waals surface area contributed by atoms with Crippen LogP contribution >= 0.6 is 0 Å². The Labute approximate surface area is 437 Å². The Hall–Kier alpha value is -3.75. The van der Waals surface area contributed by atoms with Crippen LogP contribution in [0.5, 0.6) is 0 Å². The Balaban J connectivity index is 5.62. The highest BCUT2D eigenvalue weighted by molar-refractivity contribution is 5.76. The molecule has 0 aromatic rings. The van der Waals surface area contributed by atoms with E-state index in [2.05, 4.69) is 27.7 Å². The first-order valence-electron chi connectivity index (χ1n) is 28.6. The van der Waals surface area contributed by atoms with Crippen LogP contribution < -0.4 is 0 Å². The number of hydrogen-bond donors (Lipinski definition) is 0. The molecule has 0 aromatic heterocycles. The average Bonchev–Trinajstić information content (AvgIpc) is 3.35. The summed E-state index contributed by atoms with van der Waals surface area (Å²) >= 11 is 0. The molecule has 1 amide bonds. The molecule has 0 aromatic carbocycles. The van der Waals surface area contributed by atoms with Gasteiger partial charge in [-0.1, -0.05) is 156 Å². The number of carbonyl (C=O) groups excluding carboxylic acids is 7. The van der Waals surface area contributed by atoms with Crippen LogP contribution in [0, 0.1) is 11.8 Å². The zero-order chi connectivity index (χ0) is 53.5. The van der Waals surface area contributed by atoms with Gasteiger partial charge in [-0.3, -0.25) is 33.6 Å². The van der Waals surface area contributed by atoms with Gasteiger partial charge in [0, 0.05) is 76.4 Å². The number of carbonyl (C=O) groups is 7. The molecule has 15 heteroatoms. The summed E-state index contributed by atoms with van der Waals surface area (Å²) in [5.41, 5.74) is 0. The number of hydrogen-bond acceptors (Lipinski definition) is 14. The van der Waals surface area contributed by atoms with Crippen LogP contribution in [0.1, 0.15) is 240 Å². The molecule has 0 saturated heterocycles. The van der Waals surface area contributed by atoms with Crippen LogP contribution in [0.4, 0.5) is 0 Å². The zero-order valence-electron chi connectivity index (χ0n) is 46.7. The molecule has 0 saturated carbocycles. The standard InChI is InChI=1S/C57H104N2O13/c1-8-12-16-20-24-28-32-52(61)69-44-48(45-70-53(62)33-29-25-21-17-13-9-2)42-56(65)67-40-37-50(59(7)51(60)36-39-58(5)6)38-41-68-57(66)43-49(46-71-54(63)34-30-26-22-18-14-10-3)47-72-55(64)35-31-27-23-19-15-11-4/h48-50H,8-47H2,1-7H3. The van der Waals surface area contributed by atoms with Gasteiger partial charge >= 0.3 is 35.8 Å². The highest BCUT2D eigenvalue weighted by atomic mass is 16.6. The lowest BCUT2D eigenvalue weighted by atomic mass is 10.1. The fraction of sp³-hybridized carbons (Fsp3) is 0.877. The fourth-order valence-electron chi connectivity index (χ4n) is 8.10. The maximum absolute atomic E-state index is 13.3. The quantitative estimate of drug-likeness (QED) is 0.0319. The van der Waals surface area contributed by atoms with E-state index in [1.165, 1.54) is 25.7 Å². The second kappa shape index (κ2) is 48.2. The normalized spacial score (nSPS) is 11.3. The summed E-state index contributed by atoms with van der Waals surface area (Å²) < 4.78 is 33.6. The van der Waals surface area contributed by atoms with Crippen molar-refractivity contribution >= 4 is 41.7 Å². The van der Waals surface area contributed by atoms with Gasteiger partial charge in [0.1, 0.15) is 0 Å². The van der Waals surface area contributed by atoms with Crippen LogP contribution in [0.15, 0.2) is 0 Å². The van der Waals surface area contributed by atoms with Crippen molar-refractivity contribution in [2.75, 3.05) is 67.3 Å². The summed E-state index contributed by atoms with van der Waals surface area (Å²) in [7, 11) is 5.44. The monoisotopic (exact) mass is 1020 g/mol. The van der Waals surface area contributed by atoms with E-state index < -0.39 is 29.8 Å². The molecule has 15 nitrogen and oxygen atoms in total. The molecule has 0 aliphatic heterocycles. The van der Waals surface area contributed by atoms with Crippen LogP contribution in [-0.4, -0.2) is 125 Å². The van der Waals surface area contributed by atoms with E-state index >= 15 is 0 Å². The van der Waals surface area contributed by atoms with Gasteiger partial charge in [-0.2, -0.15) is 0 Å². The van der Waals surface area contributed by atoms with E-state index in [4.69, 9.17) is 28.4 Å². The first-order chi connectivity index (χ1) is 34.8. The molecule has 0 N–H and O–H groups in total. The Morgan fingerprint density at radius 3 is 0.903 bits per heavy atom. The number of unbranched alkanes of at least 4 members (excludes halogenated alkanes) is 20. The fourth-order valence-corrected chi connectivity index (χ4v) is 8.10. The molecule has 72 heavy (non-hydrogen) atoms. The van der Waals surface area contributed by atoms with Crippen molar-refractivity contribution in [3.8, 4) is 0 Å². The van der Waals surface area contributed by atoms with Gasteiger partial charge in [0.15, 0.2) is 0 Å². The maximum Gasteiger partial charge on any atom is 0.306 e. The lowest BCUT2D eigenvalue weighted by molar-refractivity contribution is -0.155. The van der Waals surface area contributed by atoms with Crippen molar-refractivity contribution in [3.63, 3.8) is 0 Å². The van der Waals surface area contributed by atoms with Crippen LogP contribution in [-0.2, 0) is 62.0 Å². The molecule has 0 bridgehead atoms. The van der Waals surface area contributed by atoms with Gasteiger partial charge in [0.05, 0.1) is 52.5 Å². The predicted molar refractivity (Wildman–Crippen MR) is 283 cm³/mol. The van der Waals surface area contributed by atoms with Gasteiger partial charge < -0.3 is 38.2 Å². The van der Waals surface area contributed by atoms with Crippen molar-refractivity contribution in [1.29, 1.82) is 0 Å². The molecule has 0 atom stereocenters. The molecular formula is C57H104N2O13. The summed E-state index contributed by atoms with van der Waals surface area (Å²) in [4.78, 5) is 93.9. The van der Waals surface area contributed by atoms with E-state index in [9.17, 15) is 33.6 Å². The average molecular weight is 1030 g/mol. The first-order valence-corrected chi connectivity index (χ1v) is 28.6. The van der Waals surface area contributed by atoms with E-state index in [0.29, 0.717) is 6.54 Å². The van der Waals surface area contributed by atoms with E-state index in [-0.39, 0.29) is 127 Å². The number of ether oxygens (including phenoxy) is 6. The molecule has 0 aliphatic rings. The third-order valence-electron chi connectivity index (χ3n) is 12.9. The highest BCUT2D eigenvalue weighted by Gasteiger charge is 2.25. The topological polar surface area (TPSA) is 181 Å². The Morgan fingerprint density at radius 1 is 0.347 bits per heavy atom. The number of rotatable bonds is 50. The zero-order valence-corrected chi connectivity index (χ0v) is 46.7. The summed E-state index contributed by atoms with van der Waals surface area (Å²) in [6.45, 7) is 8.73. The van der Waals surface area contributed by atoms with Crippen molar-refractivity contribution in [1.82, 2.24) is 9.80 Å². The molecule has 0 spiro atoms. The molecule has 0 fully saturated rings. The molecule has 0 rings (SSSR count). The van der Waals surface area contributed by atoms with Crippen molar-refractivity contribution in [3.05, 3.63) is 0 Å². The summed E-state index contributed by atoms with van der Waals surface area (Å²) in [6.07, 6.45) is 26.3. The summed E-state index contributed by atoms with van der Waals surface area (Å²) in [5.74, 6) is -3.85. The Kier molecular flexibility index (Phi) is 45.7. The maximum atomic E-state index is 13.3. The van der Waals surface area contributed by atoms with Crippen LogP contribution in [0.2, 0.25) is 0 Å². The lowest BCUT2D eigenvalue weighted by Gasteiger charge is -2.29. The third kappa shape index (κ3) is 42.7. The van der Waals surface area contributed by atoms with Crippen LogP contribution in [0.3, 0.4) is 0 Å². The number of esters is 6. The van der Waals surface area contributed by atoms with Gasteiger partial charge in [-0.15, -0.1) is 0 Å². The van der Waals surface area contributed by atoms with Crippen LogP contribution in [0.25, 0.3) is 0 Å². The summed E-state index contributed by atoms with van der Waals surface area (Å²) in [5, 5.41) is 0. The minimum atomic E-state index is -0.596. The molecule has 420 valence electrons. The predicted octanol–water partition coefficient (Wildman–Crippen LogP) is 11.8. The number of amides is 1. The first kappa shape index (κ1) is 68.2. The second-order valence-corrected chi connectivity index (χ2v) is 20.2. The smallest absolute Gasteiger partial charge is 0.306 e. The minimum absolute atomic E-state index is 0.0403. The van der Waals surface area contributed by atoms with Crippen molar-refractivity contribution < 1.29 is 62.0 Å². The Bertz CT molecular complexity index is 1260. The van der Waals surface area contributed by atoms with Crippen molar-refractivity contribution in [2.45, 2.75) is 246 Å². The van der Waals surface area contributed by atoms with Gasteiger partial charge in [-0.25, -0.2) is 0 Å². The van der Waals surface area contributed by atoms with E-state index in [1.54, 1.807) is 11.9 Å². The van der Waals surface area contributed by atoms with Gasteiger partial charge in [0.25, 0.3) is 0 Å². The lowest BCUT2D eigenvalue weighted by Crippen LogP contribution is -2.40. The third-order valence-corrected chi connectivity index (χ3v) is 12.9. The number of nitrogens with zero attached hydrogens (tertiary/aromatic N) is 2. The molecular weight excluding hydrogens is 921 g/mol. The SMILES string of the molecule is CCCCCCCCC(=O)OCC(COC(=O)CCCCCCCC)CC(=O)OCCC(CCOC(=O)CC(COC(=O)CCCCCCCC)COC(=O)CCCCCCCC)N(C)C(=O)CCN(C)C. The Morgan fingerprint density at radius 2 is 0.625 bits per heavy atom. The second-order valence-electron chi connectivity index (χ2n) is 20.2. The molecule has 0 unspecified atom stereocenters. The van der Waals surface area contributed by atoms with Gasteiger partial charge in [0.2, 0.25) is 5.91 Å². The molecule has 0 aliphatic carbocycles. The molecule has 0 heterocycles. The van der Waals surface area contributed by atoms with Gasteiger partial charge in [-0.05, 0) is 39.8 Å². The van der Waals surface area contributed by atoms with E-state index in [1.807, 2.05) is 19.0 Å². The largest absolute Gasteiger partial charge is 0.466 e. The summed E-state index contributed by atoms with van der Waals surface area (Å²) in [6, 6.07) is -0.455. The highest BCUT2D eigenvalue weighted by Crippen LogP contribution is 2.17. The van der Waals surface area contributed by atoms with E-state index in [0.717, 1.165) is 128 Å².